The first-order valence-electron chi connectivity index (χ1n) is 8.76. The molecule has 1 aliphatic heterocycles. The number of aromatic nitrogens is 3. The Bertz CT molecular complexity index is 750. The second kappa shape index (κ2) is 7.91. The number of ketones is 1. The van der Waals surface area contributed by atoms with Gasteiger partial charge >= 0.3 is 0 Å². The summed E-state index contributed by atoms with van der Waals surface area (Å²) in [6, 6.07) is 7.53. The van der Waals surface area contributed by atoms with Crippen molar-refractivity contribution >= 4 is 23.3 Å². The number of piperidine rings is 1. The van der Waals surface area contributed by atoms with Gasteiger partial charge in [-0.1, -0.05) is 37.6 Å². The number of hydrogen-bond acceptors (Lipinski definition) is 5. The number of Topliss-reactive ketones (excluding diaryl/α,β-unsaturated/α-hetero) is 1. The van der Waals surface area contributed by atoms with Crippen LogP contribution in [0.1, 0.15) is 33.1 Å². The number of halogens is 1. The Balaban J connectivity index is 1.77. The summed E-state index contributed by atoms with van der Waals surface area (Å²) in [6.07, 6.45) is 4.20. The lowest BCUT2D eigenvalue weighted by Gasteiger charge is -2.32. The average Bonchev–Trinajstić information content (AvgIpc) is 2.61. The van der Waals surface area contributed by atoms with Crippen LogP contribution in [0.4, 0.5) is 5.95 Å². The molecule has 2 heterocycles. The molecule has 3 rings (SSSR count). The molecule has 1 saturated heterocycles. The number of carbonyl (C=O) groups is 1. The lowest BCUT2D eigenvalue weighted by Crippen LogP contribution is -2.40. The molecule has 132 valence electrons. The molecule has 0 N–H and O–H groups in total. The maximum absolute atomic E-state index is 12.4. The van der Waals surface area contributed by atoms with E-state index in [0.29, 0.717) is 35.6 Å². The Hall–Kier alpha value is -2.01. The Labute approximate surface area is 153 Å². The second-order valence-corrected chi connectivity index (χ2v) is 7.44. The van der Waals surface area contributed by atoms with Crippen molar-refractivity contribution in [3.05, 3.63) is 35.5 Å². The van der Waals surface area contributed by atoms with Gasteiger partial charge in [-0.3, -0.25) is 4.79 Å². The zero-order valence-corrected chi connectivity index (χ0v) is 15.4. The van der Waals surface area contributed by atoms with Gasteiger partial charge in [0.05, 0.1) is 11.9 Å². The van der Waals surface area contributed by atoms with Gasteiger partial charge in [0.15, 0.2) is 0 Å². The van der Waals surface area contributed by atoms with Gasteiger partial charge in [0.2, 0.25) is 5.95 Å². The van der Waals surface area contributed by atoms with Crippen LogP contribution in [0.15, 0.2) is 30.5 Å². The molecule has 6 heteroatoms. The topological polar surface area (TPSA) is 59.0 Å². The fourth-order valence-electron chi connectivity index (χ4n) is 3.21. The minimum atomic E-state index is 0.0644. The highest BCUT2D eigenvalue weighted by Crippen LogP contribution is 2.25. The minimum Gasteiger partial charge on any atom is -0.339 e. The first kappa shape index (κ1) is 17.8. The van der Waals surface area contributed by atoms with Crippen molar-refractivity contribution < 1.29 is 4.79 Å². The number of hydrogen-bond donors (Lipinski definition) is 0. The number of anilines is 1. The van der Waals surface area contributed by atoms with E-state index in [1.54, 1.807) is 6.20 Å². The molecule has 0 amide bonds. The molecule has 5 nitrogen and oxygen atoms in total. The van der Waals surface area contributed by atoms with Gasteiger partial charge in [0, 0.05) is 36.0 Å². The second-order valence-electron chi connectivity index (χ2n) is 7.00. The molecule has 0 radical (unpaired) electrons. The Morgan fingerprint density at radius 2 is 2.24 bits per heavy atom. The zero-order chi connectivity index (χ0) is 17.8. The first-order chi connectivity index (χ1) is 12.0. The van der Waals surface area contributed by atoms with Gasteiger partial charge in [-0.25, -0.2) is 4.98 Å². The molecule has 0 spiro atoms. The van der Waals surface area contributed by atoms with Crippen molar-refractivity contribution in [2.45, 2.75) is 33.1 Å². The summed E-state index contributed by atoms with van der Waals surface area (Å²) in [5.74, 6) is 1.39. The molecule has 1 atom stereocenters. The molecule has 25 heavy (non-hydrogen) atoms. The van der Waals surface area contributed by atoms with Gasteiger partial charge in [-0.15, -0.1) is 5.10 Å². The average molecular weight is 359 g/mol. The largest absolute Gasteiger partial charge is 0.339 e. The molecule has 0 bridgehead atoms. The smallest absolute Gasteiger partial charge is 0.245 e. The lowest BCUT2D eigenvalue weighted by atomic mass is 9.89. The highest BCUT2D eigenvalue weighted by Gasteiger charge is 2.27. The summed E-state index contributed by atoms with van der Waals surface area (Å²) in [5, 5.41) is 8.95. The highest BCUT2D eigenvalue weighted by atomic mass is 35.5. The number of carbonyl (C=O) groups excluding carboxylic acids is 1. The third-order valence-corrected chi connectivity index (χ3v) is 4.67. The van der Waals surface area contributed by atoms with Crippen LogP contribution in [0.25, 0.3) is 11.3 Å². The summed E-state index contributed by atoms with van der Waals surface area (Å²) in [4.78, 5) is 19.1. The van der Waals surface area contributed by atoms with Crippen LogP contribution in [0.3, 0.4) is 0 Å². The van der Waals surface area contributed by atoms with E-state index in [4.69, 9.17) is 11.6 Å². The lowest BCUT2D eigenvalue weighted by molar-refractivity contribution is -0.123. The van der Waals surface area contributed by atoms with E-state index in [-0.39, 0.29) is 5.92 Å². The summed E-state index contributed by atoms with van der Waals surface area (Å²) >= 11 is 6.07. The Morgan fingerprint density at radius 3 is 3.00 bits per heavy atom. The van der Waals surface area contributed by atoms with E-state index >= 15 is 0 Å². The molecule has 2 aromatic rings. The quantitative estimate of drug-likeness (QED) is 0.807. The molecule has 0 saturated carbocycles. The predicted molar refractivity (Wildman–Crippen MR) is 99.7 cm³/mol. The standard InChI is InChI=1S/C19H23ClN4O/c1-13(2)9-18(25)15-6-4-8-24(12-15)19-22-17(11-21-23-19)14-5-3-7-16(20)10-14/h3,5,7,10-11,13,15H,4,6,8-9,12H2,1-2H3. The fraction of sp³-hybridized carbons (Fsp3) is 0.474. The van der Waals surface area contributed by atoms with Crippen LogP contribution in [-0.2, 0) is 4.79 Å². The van der Waals surface area contributed by atoms with Gasteiger partial charge < -0.3 is 4.90 Å². The van der Waals surface area contributed by atoms with Crippen molar-refractivity contribution in [2.75, 3.05) is 18.0 Å². The number of benzene rings is 1. The maximum atomic E-state index is 12.4. The predicted octanol–water partition coefficient (Wildman–Crippen LogP) is 4.02. The van der Waals surface area contributed by atoms with Gasteiger partial charge in [-0.05, 0) is 30.9 Å². The van der Waals surface area contributed by atoms with Crippen molar-refractivity contribution in [3.63, 3.8) is 0 Å². The normalized spacial score (nSPS) is 17.8. The van der Waals surface area contributed by atoms with Crippen LogP contribution in [-0.4, -0.2) is 34.1 Å². The third kappa shape index (κ3) is 4.54. The number of rotatable bonds is 5. The molecule has 1 unspecified atom stereocenters. The van der Waals surface area contributed by atoms with Crippen LogP contribution in [0.2, 0.25) is 5.02 Å². The Kier molecular flexibility index (Phi) is 5.63. The summed E-state index contributed by atoms with van der Waals surface area (Å²) in [7, 11) is 0. The van der Waals surface area contributed by atoms with E-state index in [0.717, 1.165) is 30.6 Å². The van der Waals surface area contributed by atoms with Crippen LogP contribution in [0.5, 0.6) is 0 Å². The van der Waals surface area contributed by atoms with Crippen molar-refractivity contribution in [3.8, 4) is 11.3 Å². The third-order valence-electron chi connectivity index (χ3n) is 4.44. The van der Waals surface area contributed by atoms with Crippen molar-refractivity contribution in [2.24, 2.45) is 11.8 Å². The van der Waals surface area contributed by atoms with Gasteiger partial charge in [-0.2, -0.15) is 5.10 Å². The summed E-state index contributed by atoms with van der Waals surface area (Å²) < 4.78 is 0. The van der Waals surface area contributed by atoms with Crippen molar-refractivity contribution in [1.29, 1.82) is 0 Å². The SMILES string of the molecule is CC(C)CC(=O)C1CCCN(c2nncc(-c3cccc(Cl)c3)n2)C1. The van der Waals surface area contributed by atoms with Crippen LogP contribution < -0.4 is 4.90 Å². The fourth-order valence-corrected chi connectivity index (χ4v) is 3.40. The zero-order valence-electron chi connectivity index (χ0n) is 14.7. The molecule has 0 aliphatic carbocycles. The minimum absolute atomic E-state index is 0.0644. The number of nitrogens with zero attached hydrogens (tertiary/aromatic N) is 4. The molecule has 1 aliphatic rings. The molecular weight excluding hydrogens is 336 g/mol. The van der Waals surface area contributed by atoms with Crippen LogP contribution in [0, 0.1) is 11.8 Å². The van der Waals surface area contributed by atoms with E-state index in [9.17, 15) is 4.79 Å². The highest BCUT2D eigenvalue weighted by molar-refractivity contribution is 6.30. The Morgan fingerprint density at radius 1 is 1.40 bits per heavy atom. The van der Waals surface area contributed by atoms with Gasteiger partial charge in [0.1, 0.15) is 5.78 Å². The molecule has 1 aromatic heterocycles. The van der Waals surface area contributed by atoms with E-state index < -0.39 is 0 Å². The van der Waals surface area contributed by atoms with Crippen molar-refractivity contribution in [1.82, 2.24) is 15.2 Å². The summed E-state index contributed by atoms with van der Waals surface area (Å²) in [6.45, 7) is 5.69. The molecule has 1 aromatic carbocycles. The van der Waals surface area contributed by atoms with Crippen LogP contribution >= 0.6 is 11.6 Å². The molecule has 1 fully saturated rings. The molecular formula is C19H23ClN4O. The van der Waals surface area contributed by atoms with E-state index in [1.807, 2.05) is 24.3 Å². The first-order valence-corrected chi connectivity index (χ1v) is 9.14. The van der Waals surface area contributed by atoms with E-state index in [1.165, 1.54) is 0 Å². The monoisotopic (exact) mass is 358 g/mol. The summed E-state index contributed by atoms with van der Waals surface area (Å²) in [5.41, 5.74) is 1.65. The maximum Gasteiger partial charge on any atom is 0.245 e. The van der Waals surface area contributed by atoms with E-state index in [2.05, 4.69) is 33.9 Å². The van der Waals surface area contributed by atoms with Gasteiger partial charge in [0.25, 0.3) is 0 Å².